The highest BCUT2D eigenvalue weighted by Crippen LogP contribution is 2.24. The molecule has 0 aliphatic carbocycles. The van der Waals surface area contributed by atoms with Crippen LogP contribution >= 0.6 is 0 Å². The number of ketones is 1. The normalized spacial score (nSPS) is 11.1. The Hall–Kier alpha value is -2.69. The Kier molecular flexibility index (Phi) is 5.57. The zero-order valence-electron chi connectivity index (χ0n) is 14.9. The van der Waals surface area contributed by atoms with Gasteiger partial charge in [0.15, 0.2) is 12.4 Å². The zero-order chi connectivity index (χ0) is 18.6. The van der Waals surface area contributed by atoms with Crippen LogP contribution in [0.25, 0.3) is 0 Å². The molecule has 0 fully saturated rings. The minimum atomic E-state index is -0.527. The third kappa shape index (κ3) is 5.14. The molecule has 0 atom stereocenters. The molecule has 0 spiro atoms. The molecule has 4 nitrogen and oxygen atoms in total. The van der Waals surface area contributed by atoms with Crippen LogP contribution in [0.1, 0.15) is 43.6 Å². The fourth-order valence-electron chi connectivity index (χ4n) is 2.30. The molecule has 1 N–H and O–H groups in total. The summed E-state index contributed by atoms with van der Waals surface area (Å²) in [6, 6.07) is 11.2. The van der Waals surface area contributed by atoms with Gasteiger partial charge >= 0.3 is 0 Å². The SMILES string of the molecule is CC(=O)c1cc(F)ccc1OCC(=O)Nc1ccc(C(C)(C)C)cc1. The largest absolute Gasteiger partial charge is 0.483 e. The molecule has 0 unspecified atom stereocenters. The van der Waals surface area contributed by atoms with Crippen molar-refractivity contribution in [2.24, 2.45) is 0 Å². The van der Waals surface area contributed by atoms with Gasteiger partial charge in [0, 0.05) is 5.69 Å². The zero-order valence-corrected chi connectivity index (χ0v) is 14.9. The van der Waals surface area contributed by atoms with Gasteiger partial charge in [-0.1, -0.05) is 32.9 Å². The first-order valence-corrected chi connectivity index (χ1v) is 8.00. The van der Waals surface area contributed by atoms with Crippen molar-refractivity contribution in [1.82, 2.24) is 0 Å². The highest BCUT2D eigenvalue weighted by Gasteiger charge is 2.14. The molecule has 0 aliphatic rings. The van der Waals surface area contributed by atoms with Gasteiger partial charge in [0.2, 0.25) is 0 Å². The Morgan fingerprint density at radius 1 is 1.08 bits per heavy atom. The van der Waals surface area contributed by atoms with E-state index >= 15 is 0 Å². The lowest BCUT2D eigenvalue weighted by atomic mass is 9.87. The summed E-state index contributed by atoms with van der Waals surface area (Å²) in [7, 11) is 0. The highest BCUT2D eigenvalue weighted by atomic mass is 19.1. The summed E-state index contributed by atoms with van der Waals surface area (Å²) < 4.78 is 18.6. The Morgan fingerprint density at radius 3 is 2.28 bits per heavy atom. The van der Waals surface area contributed by atoms with Crippen molar-refractivity contribution < 1.29 is 18.7 Å². The molecular weight excluding hydrogens is 321 g/mol. The maximum Gasteiger partial charge on any atom is 0.262 e. The van der Waals surface area contributed by atoms with E-state index in [2.05, 4.69) is 26.1 Å². The molecular formula is C20H22FNO3. The summed E-state index contributed by atoms with van der Waals surface area (Å²) in [6.07, 6.45) is 0. The maximum atomic E-state index is 13.2. The molecule has 132 valence electrons. The van der Waals surface area contributed by atoms with Gasteiger partial charge < -0.3 is 10.1 Å². The van der Waals surface area contributed by atoms with Gasteiger partial charge in [0.1, 0.15) is 11.6 Å². The predicted octanol–water partition coefficient (Wildman–Crippen LogP) is 4.34. The van der Waals surface area contributed by atoms with Gasteiger partial charge in [0.25, 0.3) is 5.91 Å². The molecule has 0 radical (unpaired) electrons. The third-order valence-corrected chi connectivity index (χ3v) is 3.71. The molecule has 0 heterocycles. The highest BCUT2D eigenvalue weighted by molar-refractivity contribution is 5.97. The van der Waals surface area contributed by atoms with Gasteiger partial charge in [-0.25, -0.2) is 4.39 Å². The quantitative estimate of drug-likeness (QED) is 0.822. The number of nitrogens with one attached hydrogen (secondary N) is 1. The number of Topliss-reactive ketones (excluding diaryl/α,β-unsaturated/α-hetero) is 1. The van der Waals surface area contributed by atoms with Crippen LogP contribution in [0.4, 0.5) is 10.1 Å². The fourth-order valence-corrected chi connectivity index (χ4v) is 2.30. The first kappa shape index (κ1) is 18.6. The van der Waals surface area contributed by atoms with Crippen LogP contribution in [0, 0.1) is 5.82 Å². The molecule has 0 aliphatic heterocycles. The van der Waals surface area contributed by atoms with Crippen LogP contribution in [-0.2, 0) is 10.2 Å². The van der Waals surface area contributed by atoms with Crippen molar-refractivity contribution in [3.63, 3.8) is 0 Å². The summed E-state index contributed by atoms with van der Waals surface area (Å²) in [6.45, 7) is 7.39. The lowest BCUT2D eigenvalue weighted by Crippen LogP contribution is -2.21. The van der Waals surface area contributed by atoms with E-state index in [1.807, 2.05) is 24.3 Å². The third-order valence-electron chi connectivity index (χ3n) is 3.71. The molecule has 5 heteroatoms. The molecule has 2 aromatic carbocycles. The number of anilines is 1. The Bertz CT molecular complexity index is 777. The second-order valence-electron chi connectivity index (χ2n) is 6.86. The predicted molar refractivity (Wildman–Crippen MR) is 95.7 cm³/mol. The number of hydrogen-bond donors (Lipinski definition) is 1. The van der Waals surface area contributed by atoms with Gasteiger partial charge in [-0.15, -0.1) is 0 Å². The number of carbonyl (C=O) groups excluding carboxylic acids is 2. The van der Waals surface area contributed by atoms with Crippen molar-refractivity contribution in [2.45, 2.75) is 33.1 Å². The average molecular weight is 343 g/mol. The van der Waals surface area contributed by atoms with Crippen LogP contribution in [-0.4, -0.2) is 18.3 Å². The van der Waals surface area contributed by atoms with E-state index in [-0.39, 0.29) is 35.0 Å². The molecule has 2 rings (SSSR count). The van der Waals surface area contributed by atoms with Crippen LogP contribution < -0.4 is 10.1 Å². The van der Waals surface area contributed by atoms with Gasteiger partial charge in [-0.3, -0.25) is 9.59 Å². The molecule has 0 aromatic heterocycles. The summed E-state index contributed by atoms with van der Waals surface area (Å²) in [5.74, 6) is -1.02. The number of carbonyl (C=O) groups is 2. The molecule has 0 bridgehead atoms. The van der Waals surface area contributed by atoms with Crippen molar-refractivity contribution >= 4 is 17.4 Å². The summed E-state index contributed by atoms with van der Waals surface area (Å²) in [4.78, 5) is 23.5. The van der Waals surface area contributed by atoms with Gasteiger partial charge in [0.05, 0.1) is 5.56 Å². The summed E-state index contributed by atoms with van der Waals surface area (Å²) >= 11 is 0. The van der Waals surface area contributed by atoms with Gasteiger partial charge in [-0.2, -0.15) is 0 Å². The minimum Gasteiger partial charge on any atom is -0.483 e. The van der Waals surface area contributed by atoms with Crippen LogP contribution in [0.15, 0.2) is 42.5 Å². The van der Waals surface area contributed by atoms with E-state index in [9.17, 15) is 14.0 Å². The number of amides is 1. The topological polar surface area (TPSA) is 55.4 Å². The molecule has 0 saturated carbocycles. The number of ether oxygens (including phenoxy) is 1. The maximum absolute atomic E-state index is 13.2. The van der Waals surface area contributed by atoms with E-state index in [0.29, 0.717) is 5.69 Å². The monoisotopic (exact) mass is 343 g/mol. The van der Waals surface area contributed by atoms with E-state index in [1.54, 1.807) is 0 Å². The summed E-state index contributed by atoms with van der Waals surface area (Å²) in [5.41, 5.74) is 1.98. The molecule has 25 heavy (non-hydrogen) atoms. The van der Waals surface area contributed by atoms with Crippen molar-refractivity contribution in [1.29, 1.82) is 0 Å². The number of halogens is 1. The Labute approximate surface area is 147 Å². The minimum absolute atomic E-state index is 0.0390. The van der Waals surface area contributed by atoms with Crippen molar-refractivity contribution in [3.8, 4) is 5.75 Å². The van der Waals surface area contributed by atoms with Gasteiger partial charge in [-0.05, 0) is 48.2 Å². The Balaban J connectivity index is 1.99. The lowest BCUT2D eigenvalue weighted by Gasteiger charge is -2.19. The van der Waals surface area contributed by atoms with Crippen LogP contribution in [0.3, 0.4) is 0 Å². The number of rotatable bonds is 5. The number of hydrogen-bond acceptors (Lipinski definition) is 3. The van der Waals surface area contributed by atoms with Crippen molar-refractivity contribution in [2.75, 3.05) is 11.9 Å². The van der Waals surface area contributed by atoms with E-state index in [0.717, 1.165) is 6.07 Å². The fraction of sp³-hybridized carbons (Fsp3) is 0.300. The molecule has 0 saturated heterocycles. The number of benzene rings is 2. The van der Waals surface area contributed by atoms with Crippen LogP contribution in [0.2, 0.25) is 0 Å². The van der Waals surface area contributed by atoms with E-state index < -0.39 is 5.82 Å². The Morgan fingerprint density at radius 2 is 1.72 bits per heavy atom. The standard InChI is InChI=1S/C20H22FNO3/c1-13(23)17-11-15(21)7-10-18(17)25-12-19(24)22-16-8-5-14(6-9-16)20(2,3)4/h5-11H,12H2,1-4H3,(H,22,24). The second-order valence-corrected chi connectivity index (χ2v) is 6.86. The summed E-state index contributed by atoms with van der Waals surface area (Å²) in [5, 5.41) is 2.73. The smallest absolute Gasteiger partial charge is 0.262 e. The van der Waals surface area contributed by atoms with Crippen LogP contribution in [0.5, 0.6) is 5.75 Å². The average Bonchev–Trinajstić information content (AvgIpc) is 2.53. The first-order chi connectivity index (χ1) is 11.7. The first-order valence-electron chi connectivity index (χ1n) is 8.00. The van der Waals surface area contributed by atoms with E-state index in [4.69, 9.17) is 4.74 Å². The van der Waals surface area contributed by atoms with Crippen molar-refractivity contribution in [3.05, 3.63) is 59.4 Å². The van der Waals surface area contributed by atoms with E-state index in [1.165, 1.54) is 24.6 Å². The molecule has 2 aromatic rings. The second kappa shape index (κ2) is 7.47. The molecule has 1 amide bonds. The lowest BCUT2D eigenvalue weighted by molar-refractivity contribution is -0.118.